The first-order chi connectivity index (χ1) is 21.3. The maximum atomic E-state index is 9.32. The molecule has 0 atom stereocenters. The van der Waals surface area contributed by atoms with Gasteiger partial charge in [-0.2, -0.15) is 10.4 Å². The van der Waals surface area contributed by atoms with Crippen LogP contribution in [0.25, 0.3) is 33.9 Å². The van der Waals surface area contributed by atoms with Crippen molar-refractivity contribution in [1.29, 1.82) is 5.26 Å². The number of hydrogen-bond acceptors (Lipinski definition) is 9. The number of nitrogens with one attached hydrogen (secondary N) is 2. The van der Waals surface area contributed by atoms with E-state index in [4.69, 9.17) is 24.5 Å². The molecule has 226 valence electrons. The fraction of sp³-hybridized carbons (Fsp3) is 0.344. The van der Waals surface area contributed by atoms with Gasteiger partial charge in [0.1, 0.15) is 12.5 Å². The molecule has 0 saturated carbocycles. The van der Waals surface area contributed by atoms with Crippen LogP contribution in [0.15, 0.2) is 60.9 Å². The number of fused-ring (bicyclic) bond motifs is 1. The number of benzene rings is 2. The third kappa shape index (κ3) is 7.38. The summed E-state index contributed by atoms with van der Waals surface area (Å²) in [5.74, 6) is 1.77. The average molecular weight is 608 g/mol. The Hall–Kier alpha value is -4.41. The number of hydrogen-bond donors (Lipinski definition) is 2. The lowest BCUT2D eigenvalue weighted by molar-refractivity contribution is 0.0342. The van der Waals surface area contributed by atoms with E-state index < -0.39 is 8.07 Å². The van der Waals surface area contributed by atoms with Gasteiger partial charge in [-0.3, -0.25) is 4.90 Å². The maximum absolute atomic E-state index is 9.32. The lowest BCUT2D eigenvalue weighted by Crippen LogP contribution is -2.35. The fourth-order valence-electron chi connectivity index (χ4n) is 5.00. The highest BCUT2D eigenvalue weighted by Crippen LogP contribution is 2.30. The number of aromatic nitrogens is 6. The van der Waals surface area contributed by atoms with Gasteiger partial charge < -0.3 is 19.8 Å². The molecule has 6 rings (SSSR count). The Labute approximate surface area is 257 Å². The lowest BCUT2D eigenvalue weighted by Gasteiger charge is -2.26. The average Bonchev–Trinajstić information content (AvgIpc) is 3.63. The highest BCUT2D eigenvalue weighted by molar-refractivity contribution is 6.76. The van der Waals surface area contributed by atoms with Crippen LogP contribution in [0.3, 0.4) is 0 Å². The molecule has 12 heteroatoms. The molecule has 0 amide bonds. The van der Waals surface area contributed by atoms with E-state index in [-0.39, 0.29) is 0 Å². The monoisotopic (exact) mass is 607 g/mol. The smallest absolute Gasteiger partial charge is 0.161 e. The summed E-state index contributed by atoms with van der Waals surface area (Å²) in [4.78, 5) is 20.0. The Bertz CT molecular complexity index is 1780. The molecular weight excluding hydrogens is 570 g/mol. The second-order valence-corrected chi connectivity index (χ2v) is 17.8. The minimum atomic E-state index is -1.21. The van der Waals surface area contributed by atoms with Crippen molar-refractivity contribution in [2.75, 3.05) is 38.2 Å². The van der Waals surface area contributed by atoms with Crippen molar-refractivity contribution < 1.29 is 9.47 Å². The van der Waals surface area contributed by atoms with Crippen LogP contribution in [0.2, 0.25) is 25.7 Å². The molecule has 11 nitrogen and oxygen atoms in total. The number of H-pyrrole nitrogens is 1. The predicted molar refractivity (Wildman–Crippen MR) is 173 cm³/mol. The molecule has 44 heavy (non-hydrogen) atoms. The summed E-state index contributed by atoms with van der Waals surface area (Å²) in [6.07, 6.45) is 3.61. The standard InChI is InChI=1S/C32H37N9O2Si/c1-44(2,3)16-15-43-22-41-21-28(35-29-9-10-34-31(38-29)25-6-4-5-23(17-25)19-33)30(39-41)32-36-26-8-7-24(18-27(26)37-32)20-40-11-13-42-14-12-40/h4-10,17-18,21H,11-16,20,22H2,1-3H3,(H,36,37)(H,34,35,38). The third-order valence-electron chi connectivity index (χ3n) is 7.43. The van der Waals surface area contributed by atoms with Crippen molar-refractivity contribution in [3.63, 3.8) is 0 Å². The Balaban J connectivity index is 1.28. The first-order valence-corrected chi connectivity index (χ1v) is 18.6. The molecule has 0 radical (unpaired) electrons. The van der Waals surface area contributed by atoms with Crippen LogP contribution in [0.1, 0.15) is 11.1 Å². The topological polar surface area (TPSA) is 130 Å². The zero-order valence-electron chi connectivity index (χ0n) is 25.4. The van der Waals surface area contributed by atoms with Crippen LogP contribution in [-0.4, -0.2) is 75.6 Å². The normalized spacial score (nSPS) is 14.1. The number of anilines is 2. The molecule has 1 fully saturated rings. The zero-order chi connectivity index (χ0) is 30.5. The van der Waals surface area contributed by atoms with Gasteiger partial charge in [-0.1, -0.05) is 37.8 Å². The van der Waals surface area contributed by atoms with Crippen LogP contribution in [-0.2, 0) is 22.7 Å². The van der Waals surface area contributed by atoms with Gasteiger partial charge in [0.15, 0.2) is 17.3 Å². The number of aromatic amines is 1. The van der Waals surface area contributed by atoms with Crippen molar-refractivity contribution in [3.8, 4) is 29.0 Å². The van der Waals surface area contributed by atoms with Crippen LogP contribution in [0.4, 0.5) is 11.5 Å². The van der Waals surface area contributed by atoms with Crippen LogP contribution < -0.4 is 5.32 Å². The number of nitrogens with zero attached hydrogens (tertiary/aromatic N) is 7. The van der Waals surface area contributed by atoms with Gasteiger partial charge in [-0.15, -0.1) is 0 Å². The zero-order valence-corrected chi connectivity index (χ0v) is 26.4. The summed E-state index contributed by atoms with van der Waals surface area (Å²) in [6, 6.07) is 18.7. The largest absolute Gasteiger partial charge is 0.379 e. The van der Waals surface area contributed by atoms with Crippen molar-refractivity contribution in [3.05, 3.63) is 72.1 Å². The number of rotatable bonds is 11. The molecular formula is C32H37N9O2Si. The molecule has 2 N–H and O–H groups in total. The third-order valence-corrected chi connectivity index (χ3v) is 9.14. The van der Waals surface area contributed by atoms with E-state index in [9.17, 15) is 5.26 Å². The summed E-state index contributed by atoms with van der Waals surface area (Å²) >= 11 is 0. The van der Waals surface area contributed by atoms with E-state index in [1.807, 2.05) is 18.3 Å². The minimum absolute atomic E-state index is 0.332. The Morgan fingerprint density at radius 2 is 1.95 bits per heavy atom. The highest BCUT2D eigenvalue weighted by atomic mass is 28.3. The maximum Gasteiger partial charge on any atom is 0.161 e. The molecule has 0 bridgehead atoms. The van der Waals surface area contributed by atoms with Gasteiger partial charge in [0, 0.05) is 46.1 Å². The van der Waals surface area contributed by atoms with E-state index in [1.54, 1.807) is 29.1 Å². The van der Waals surface area contributed by atoms with Crippen molar-refractivity contribution >= 4 is 30.6 Å². The molecule has 4 heterocycles. The minimum Gasteiger partial charge on any atom is -0.379 e. The first-order valence-electron chi connectivity index (χ1n) is 14.9. The Morgan fingerprint density at radius 3 is 2.77 bits per heavy atom. The molecule has 0 unspecified atom stereocenters. The van der Waals surface area contributed by atoms with Gasteiger partial charge in [-0.05, 0) is 41.9 Å². The summed E-state index contributed by atoms with van der Waals surface area (Å²) in [6.45, 7) is 12.3. The van der Waals surface area contributed by atoms with Crippen molar-refractivity contribution in [2.45, 2.75) is 39.0 Å². The van der Waals surface area contributed by atoms with Crippen molar-refractivity contribution in [2.24, 2.45) is 0 Å². The molecule has 0 spiro atoms. The van der Waals surface area contributed by atoms with Gasteiger partial charge in [-0.25, -0.2) is 19.6 Å². The van der Waals surface area contributed by atoms with Gasteiger partial charge in [0.2, 0.25) is 0 Å². The van der Waals surface area contributed by atoms with Crippen LogP contribution >= 0.6 is 0 Å². The molecule has 1 saturated heterocycles. The molecule has 3 aromatic heterocycles. The number of nitriles is 1. The van der Waals surface area contributed by atoms with Crippen LogP contribution in [0.5, 0.6) is 0 Å². The SMILES string of the molecule is C[Si](C)(C)CCOCn1cc(Nc2ccnc(-c3cccc(C#N)c3)n2)c(-c2nc3cc(CN4CCOCC4)ccc3[nH]2)n1. The second kappa shape index (κ2) is 13.1. The molecule has 2 aromatic carbocycles. The van der Waals surface area contributed by atoms with E-state index in [0.29, 0.717) is 42.1 Å². The molecule has 1 aliphatic heterocycles. The predicted octanol–water partition coefficient (Wildman–Crippen LogP) is 5.64. The Morgan fingerprint density at radius 1 is 1.09 bits per heavy atom. The van der Waals surface area contributed by atoms with Crippen LogP contribution in [0, 0.1) is 11.3 Å². The lowest BCUT2D eigenvalue weighted by atomic mass is 10.1. The van der Waals surface area contributed by atoms with E-state index in [2.05, 4.69) is 64.1 Å². The van der Waals surface area contributed by atoms with Crippen molar-refractivity contribution in [1.82, 2.24) is 34.6 Å². The summed E-state index contributed by atoms with van der Waals surface area (Å²) in [7, 11) is -1.21. The number of morpholine rings is 1. The quantitative estimate of drug-likeness (QED) is 0.145. The Kier molecular flexibility index (Phi) is 8.81. The van der Waals surface area contributed by atoms with E-state index >= 15 is 0 Å². The fourth-order valence-corrected chi connectivity index (χ4v) is 5.76. The summed E-state index contributed by atoms with van der Waals surface area (Å²) in [5, 5.41) is 17.6. The van der Waals surface area contributed by atoms with E-state index in [0.717, 1.165) is 61.2 Å². The summed E-state index contributed by atoms with van der Waals surface area (Å²) < 4.78 is 13.3. The van der Waals surface area contributed by atoms with Gasteiger partial charge >= 0.3 is 0 Å². The summed E-state index contributed by atoms with van der Waals surface area (Å²) in [5.41, 5.74) is 5.77. The molecule has 0 aliphatic carbocycles. The number of ether oxygens (including phenoxy) is 2. The highest BCUT2D eigenvalue weighted by Gasteiger charge is 2.18. The van der Waals surface area contributed by atoms with Gasteiger partial charge in [0.05, 0.1) is 47.8 Å². The number of imidazole rings is 1. The van der Waals surface area contributed by atoms with E-state index in [1.165, 1.54) is 5.56 Å². The second-order valence-electron chi connectivity index (χ2n) is 12.2. The molecule has 1 aliphatic rings. The van der Waals surface area contributed by atoms with Gasteiger partial charge in [0.25, 0.3) is 0 Å². The molecule has 5 aromatic rings. The first kappa shape index (κ1) is 29.6.